The van der Waals surface area contributed by atoms with E-state index in [0.29, 0.717) is 5.88 Å². The van der Waals surface area contributed by atoms with Crippen LogP contribution in [-0.4, -0.2) is 12.5 Å². The van der Waals surface area contributed by atoms with Crippen LogP contribution in [0.15, 0.2) is 0 Å². The van der Waals surface area contributed by atoms with Crippen molar-refractivity contribution in [1.82, 2.24) is 0 Å². The topological polar surface area (TPSA) is 23.1 Å². The molecule has 0 radical (unpaired) electrons. The maximum absolute atomic E-state index is 9.63. The van der Waals surface area contributed by atoms with Gasteiger partial charge in [0.25, 0.3) is 0 Å². The molecule has 0 amide bonds. The second-order valence-corrected chi connectivity index (χ2v) is 1.48. The van der Waals surface area contributed by atoms with Crippen LogP contribution in [0.3, 0.4) is 0 Å². The van der Waals surface area contributed by atoms with Crippen LogP contribution in [-0.2, 0) is 0 Å². The molecule has 0 rings (SSSR count). The van der Waals surface area contributed by atoms with E-state index in [0.717, 1.165) is 12.8 Å². The van der Waals surface area contributed by atoms with Gasteiger partial charge in [0.15, 0.2) is 0 Å². The van der Waals surface area contributed by atoms with E-state index >= 15 is 0 Å². The minimum absolute atomic E-state index is 0. The van der Waals surface area contributed by atoms with Gasteiger partial charge in [-0.05, 0) is 6.42 Å². The van der Waals surface area contributed by atoms with Crippen LogP contribution in [0.5, 0.6) is 0 Å². The fraction of sp³-hybridized carbons (Fsp3) is 1.00. The van der Waals surface area contributed by atoms with E-state index in [-0.39, 0.29) is 25.5 Å². The smallest absolute Gasteiger partial charge is 0.854 e. The van der Waals surface area contributed by atoms with Gasteiger partial charge < -0.3 is 5.11 Å². The van der Waals surface area contributed by atoms with Crippen molar-refractivity contribution in [2.24, 2.45) is 0 Å². The number of alkyl halides is 1. The molecule has 0 bridgehead atoms. The first-order valence-electron chi connectivity index (χ1n) is 2.06. The normalized spacial score (nSPS) is 7.71. The van der Waals surface area contributed by atoms with E-state index in [1.54, 1.807) is 0 Å². The summed E-state index contributed by atoms with van der Waals surface area (Å²) in [7, 11) is 0. The van der Waals surface area contributed by atoms with Crippen LogP contribution in [0, 0.1) is 0 Å². The average Bonchev–Trinajstić information content (AvgIpc) is 1.61. The third-order valence-corrected chi connectivity index (χ3v) is 0.795. The van der Waals surface area contributed by atoms with E-state index in [2.05, 4.69) is 0 Å². The molecule has 1 nitrogen and oxygen atoms in total. The van der Waals surface area contributed by atoms with Gasteiger partial charge in [-0.3, -0.25) is 0 Å². The summed E-state index contributed by atoms with van der Waals surface area (Å²) in [4.78, 5) is 0. The molecule has 0 saturated heterocycles. The van der Waals surface area contributed by atoms with Gasteiger partial charge in [-0.1, -0.05) is 6.42 Å². The summed E-state index contributed by atoms with van der Waals surface area (Å²) in [6.45, 7) is 0.0206. The third kappa shape index (κ3) is 10.9. The van der Waals surface area contributed by atoms with Crippen LogP contribution >= 0.6 is 11.6 Å². The number of halogens is 1. The third-order valence-electron chi connectivity index (χ3n) is 0.528. The largest absolute Gasteiger partial charge is 1.00 e. The van der Waals surface area contributed by atoms with Crippen LogP contribution in [0.2, 0.25) is 0 Å². The van der Waals surface area contributed by atoms with Gasteiger partial charge in [0.1, 0.15) is 0 Å². The van der Waals surface area contributed by atoms with Crippen molar-refractivity contribution in [2.75, 3.05) is 12.5 Å². The zero-order valence-electron chi connectivity index (χ0n) is 4.61. The first-order valence-corrected chi connectivity index (χ1v) is 2.59. The second-order valence-electron chi connectivity index (χ2n) is 1.10. The number of hydrogen-bond donors (Lipinski definition) is 0. The van der Waals surface area contributed by atoms with Gasteiger partial charge in [0.05, 0.1) is 0 Å². The number of unbranched alkanes of at least 4 members (excludes halogenated alkanes) is 1. The fourth-order valence-electron chi connectivity index (χ4n) is 0.197. The molecule has 0 aliphatic rings. The summed E-state index contributed by atoms with van der Waals surface area (Å²) in [5.74, 6) is 0.627. The van der Waals surface area contributed by atoms with Gasteiger partial charge >= 0.3 is 18.9 Å². The Kier molecular flexibility index (Phi) is 15.3. The molecule has 3 heteroatoms. The zero-order chi connectivity index (χ0) is 4.83. The van der Waals surface area contributed by atoms with Crippen molar-refractivity contribution in [1.29, 1.82) is 0 Å². The van der Waals surface area contributed by atoms with Gasteiger partial charge in [-0.15, -0.1) is 18.2 Å². The van der Waals surface area contributed by atoms with Crippen molar-refractivity contribution in [3.8, 4) is 0 Å². The zero-order valence-corrected chi connectivity index (χ0v) is 5.37. The molecule has 0 unspecified atom stereocenters. The summed E-state index contributed by atoms with van der Waals surface area (Å²) in [6.07, 6.45) is 1.59. The summed E-state index contributed by atoms with van der Waals surface area (Å²) < 4.78 is 0. The number of hydrogen-bond acceptors (Lipinski definition) is 1. The number of rotatable bonds is 3. The van der Waals surface area contributed by atoms with E-state index in [1.165, 1.54) is 0 Å². The van der Waals surface area contributed by atoms with Gasteiger partial charge in [-0.2, -0.15) is 0 Å². The Labute approximate surface area is 61.2 Å². The van der Waals surface area contributed by atoms with E-state index in [9.17, 15) is 5.11 Å². The molecule has 0 fully saturated rings. The Morgan fingerprint density at radius 2 is 1.86 bits per heavy atom. The molecule has 38 valence electrons. The standard InChI is InChI=1S/C4H8ClO.Li/c5-3-1-2-4-6;/h1-4H2;/q-1;+1. The van der Waals surface area contributed by atoms with Crippen molar-refractivity contribution >= 4 is 11.6 Å². The monoisotopic (exact) mass is 114 g/mol. The van der Waals surface area contributed by atoms with Gasteiger partial charge in [-0.25, -0.2) is 0 Å². The first kappa shape index (κ1) is 10.8. The Hall–Kier alpha value is 0.847. The van der Waals surface area contributed by atoms with Gasteiger partial charge in [0.2, 0.25) is 0 Å². The summed E-state index contributed by atoms with van der Waals surface area (Å²) in [6, 6.07) is 0. The van der Waals surface area contributed by atoms with Crippen molar-refractivity contribution in [2.45, 2.75) is 12.8 Å². The van der Waals surface area contributed by atoms with E-state index in [4.69, 9.17) is 11.6 Å². The van der Waals surface area contributed by atoms with Crippen LogP contribution < -0.4 is 24.0 Å². The molecular weight excluding hydrogens is 106 g/mol. The average molecular weight is 115 g/mol. The van der Waals surface area contributed by atoms with Crippen molar-refractivity contribution in [3.05, 3.63) is 0 Å². The molecule has 0 N–H and O–H groups in total. The molecule has 0 heterocycles. The summed E-state index contributed by atoms with van der Waals surface area (Å²) in [5.41, 5.74) is 0. The van der Waals surface area contributed by atoms with E-state index < -0.39 is 0 Å². The molecule has 0 aromatic heterocycles. The summed E-state index contributed by atoms with van der Waals surface area (Å²) in [5, 5.41) is 9.63. The predicted octanol–water partition coefficient (Wildman–Crippen LogP) is -2.63. The predicted molar refractivity (Wildman–Crippen MR) is 24.8 cm³/mol. The minimum Gasteiger partial charge on any atom is -0.854 e. The molecule has 0 spiro atoms. The Balaban J connectivity index is 0. The molecule has 0 atom stereocenters. The van der Waals surface area contributed by atoms with E-state index in [1.807, 2.05) is 0 Å². The molecule has 0 aromatic carbocycles. The summed E-state index contributed by atoms with van der Waals surface area (Å²) >= 11 is 5.24. The maximum Gasteiger partial charge on any atom is 1.00 e. The van der Waals surface area contributed by atoms with Gasteiger partial charge in [0, 0.05) is 5.88 Å². The van der Waals surface area contributed by atoms with Crippen molar-refractivity contribution < 1.29 is 24.0 Å². The fourth-order valence-corrected chi connectivity index (χ4v) is 0.386. The molecule has 0 aliphatic carbocycles. The molecular formula is C4H8ClLiO. The van der Waals surface area contributed by atoms with Crippen LogP contribution in [0.25, 0.3) is 0 Å². The quantitative estimate of drug-likeness (QED) is 0.224. The second kappa shape index (κ2) is 9.96. The molecule has 7 heavy (non-hydrogen) atoms. The molecule has 0 aromatic rings. The SMILES string of the molecule is [Li+].[O-]CCCCCl. The Morgan fingerprint density at radius 1 is 1.29 bits per heavy atom. The molecule has 0 saturated carbocycles. The Bertz CT molecular complexity index is 23.7. The molecule has 0 aliphatic heterocycles. The maximum atomic E-state index is 9.63. The van der Waals surface area contributed by atoms with Crippen LogP contribution in [0.1, 0.15) is 12.8 Å². The Morgan fingerprint density at radius 3 is 2.00 bits per heavy atom. The first-order chi connectivity index (χ1) is 2.91. The van der Waals surface area contributed by atoms with Crippen LogP contribution in [0.4, 0.5) is 0 Å². The van der Waals surface area contributed by atoms with Crippen molar-refractivity contribution in [3.63, 3.8) is 0 Å². The minimum atomic E-state index is 0.